The fraction of sp³-hybridized carbons (Fsp3) is 0.250. The zero-order chi connectivity index (χ0) is 16.9. The van der Waals surface area contributed by atoms with E-state index in [1.165, 1.54) is 28.9 Å². The molecule has 0 bridgehead atoms. The lowest BCUT2D eigenvalue weighted by molar-refractivity contribution is -0.136. The van der Waals surface area contributed by atoms with E-state index in [1.54, 1.807) is 0 Å². The van der Waals surface area contributed by atoms with Crippen LogP contribution in [-0.4, -0.2) is 18.0 Å². The predicted molar refractivity (Wildman–Crippen MR) is 94.4 cm³/mol. The molecule has 8 heteroatoms. The van der Waals surface area contributed by atoms with E-state index in [2.05, 4.69) is 21.9 Å². The summed E-state index contributed by atoms with van der Waals surface area (Å²) in [4.78, 5) is 25.8. The molecule has 2 amide bonds. The van der Waals surface area contributed by atoms with Crippen LogP contribution >= 0.6 is 22.7 Å². The van der Waals surface area contributed by atoms with Crippen LogP contribution < -0.4 is 10.7 Å². The van der Waals surface area contributed by atoms with E-state index < -0.39 is 11.8 Å². The molecule has 0 saturated heterocycles. The Kier molecular flexibility index (Phi) is 5.03. The Bertz CT molecular complexity index is 831. The summed E-state index contributed by atoms with van der Waals surface area (Å²) in [6, 6.07) is 5.85. The number of fused-ring (bicyclic) bond motifs is 1. The number of amides is 2. The third-order valence-corrected chi connectivity index (χ3v) is 5.63. The third kappa shape index (κ3) is 3.53. The number of nitriles is 1. The molecule has 0 unspecified atom stereocenters. The first kappa shape index (κ1) is 16.4. The van der Waals surface area contributed by atoms with Gasteiger partial charge in [0.1, 0.15) is 11.1 Å². The van der Waals surface area contributed by atoms with Gasteiger partial charge in [0.05, 0.1) is 11.8 Å². The summed E-state index contributed by atoms with van der Waals surface area (Å²) in [6.45, 7) is 0. The van der Waals surface area contributed by atoms with Gasteiger partial charge in [-0.2, -0.15) is 10.4 Å². The number of carbonyl (C=O) groups is 2. The average Bonchev–Trinajstić information content (AvgIpc) is 3.21. The van der Waals surface area contributed by atoms with Crippen molar-refractivity contribution in [1.82, 2.24) is 5.43 Å². The first-order chi connectivity index (χ1) is 11.7. The highest BCUT2D eigenvalue weighted by Crippen LogP contribution is 2.37. The molecule has 2 heterocycles. The smallest absolute Gasteiger partial charge is 0.308 e. The van der Waals surface area contributed by atoms with E-state index >= 15 is 0 Å². The second kappa shape index (κ2) is 7.38. The molecule has 2 aromatic heterocycles. The van der Waals surface area contributed by atoms with Crippen molar-refractivity contribution in [2.24, 2.45) is 5.10 Å². The summed E-state index contributed by atoms with van der Waals surface area (Å²) in [6.07, 6.45) is 5.37. The van der Waals surface area contributed by atoms with Crippen LogP contribution in [0.2, 0.25) is 0 Å². The topological polar surface area (TPSA) is 94.4 Å². The van der Waals surface area contributed by atoms with Crippen molar-refractivity contribution in [2.75, 3.05) is 5.32 Å². The van der Waals surface area contributed by atoms with Crippen molar-refractivity contribution >= 4 is 45.7 Å². The number of hydrogen-bond donors (Lipinski definition) is 2. The maximum Gasteiger partial charge on any atom is 0.329 e. The van der Waals surface area contributed by atoms with Gasteiger partial charge in [-0.25, -0.2) is 5.43 Å². The Morgan fingerprint density at radius 3 is 2.88 bits per heavy atom. The summed E-state index contributed by atoms with van der Waals surface area (Å²) in [5.74, 6) is -1.69. The molecule has 0 atom stereocenters. The normalized spacial score (nSPS) is 13.3. The van der Waals surface area contributed by atoms with Crippen LogP contribution in [0.4, 0.5) is 5.00 Å². The van der Waals surface area contributed by atoms with Gasteiger partial charge in [-0.3, -0.25) is 9.59 Å². The van der Waals surface area contributed by atoms with Crippen molar-refractivity contribution in [1.29, 1.82) is 5.26 Å². The fourth-order valence-electron chi connectivity index (χ4n) is 2.50. The second-order valence-corrected chi connectivity index (χ2v) is 7.28. The first-order valence-electron chi connectivity index (χ1n) is 7.41. The molecule has 0 saturated carbocycles. The molecule has 0 spiro atoms. The predicted octanol–water partition coefficient (Wildman–Crippen LogP) is 2.65. The van der Waals surface area contributed by atoms with Gasteiger partial charge >= 0.3 is 11.8 Å². The van der Waals surface area contributed by atoms with Crippen molar-refractivity contribution < 1.29 is 9.59 Å². The molecule has 122 valence electrons. The molecule has 0 fully saturated rings. The maximum absolute atomic E-state index is 12.0. The number of nitrogens with zero attached hydrogens (tertiary/aromatic N) is 2. The Balaban J connectivity index is 1.65. The van der Waals surface area contributed by atoms with Crippen LogP contribution in [-0.2, 0) is 22.4 Å². The molecular weight excluding hydrogens is 344 g/mol. The highest BCUT2D eigenvalue weighted by atomic mass is 32.1. The second-order valence-electron chi connectivity index (χ2n) is 5.20. The van der Waals surface area contributed by atoms with E-state index in [-0.39, 0.29) is 0 Å². The van der Waals surface area contributed by atoms with Gasteiger partial charge in [0, 0.05) is 9.75 Å². The molecule has 1 aliphatic carbocycles. The minimum Gasteiger partial charge on any atom is -0.308 e. The Hall–Kier alpha value is -2.50. The van der Waals surface area contributed by atoms with E-state index in [0.717, 1.165) is 41.0 Å². The zero-order valence-corrected chi connectivity index (χ0v) is 14.3. The number of carbonyl (C=O) groups excluding carboxylic acids is 2. The summed E-state index contributed by atoms with van der Waals surface area (Å²) < 4.78 is 0. The van der Waals surface area contributed by atoms with Gasteiger partial charge < -0.3 is 5.32 Å². The summed E-state index contributed by atoms with van der Waals surface area (Å²) in [5, 5.41) is 18.0. The lowest BCUT2D eigenvalue weighted by Crippen LogP contribution is -2.32. The molecule has 0 aromatic carbocycles. The lowest BCUT2D eigenvalue weighted by Gasteiger charge is -2.09. The van der Waals surface area contributed by atoms with E-state index in [4.69, 9.17) is 0 Å². The Morgan fingerprint density at radius 2 is 2.12 bits per heavy atom. The minimum absolute atomic E-state index is 0.451. The SMILES string of the molecule is N#Cc1c(NC(=O)C(=O)NN=Cc2cccs2)sc2c1CCCC2. The van der Waals surface area contributed by atoms with E-state index in [0.29, 0.717) is 10.6 Å². The van der Waals surface area contributed by atoms with Gasteiger partial charge in [0.15, 0.2) is 0 Å². The number of hydrogen-bond acceptors (Lipinski definition) is 6. The molecule has 6 nitrogen and oxygen atoms in total. The quantitative estimate of drug-likeness (QED) is 0.502. The molecule has 0 radical (unpaired) electrons. The van der Waals surface area contributed by atoms with Crippen LogP contribution in [0.1, 0.15) is 33.7 Å². The molecule has 0 aliphatic heterocycles. The van der Waals surface area contributed by atoms with Crippen LogP contribution in [0, 0.1) is 11.3 Å². The van der Waals surface area contributed by atoms with Crippen LogP contribution in [0.3, 0.4) is 0 Å². The number of nitrogens with one attached hydrogen (secondary N) is 2. The molecular formula is C16H14N4O2S2. The van der Waals surface area contributed by atoms with Crippen LogP contribution in [0.5, 0.6) is 0 Å². The standard InChI is InChI=1S/C16H14N4O2S2/c17-8-12-11-5-1-2-6-13(11)24-16(12)19-14(21)15(22)20-18-9-10-4-3-7-23-10/h3-4,7,9H,1-2,5-6H2,(H,19,21)(H,20,22). The van der Waals surface area contributed by atoms with Crippen molar-refractivity contribution in [3.05, 3.63) is 38.4 Å². The molecule has 24 heavy (non-hydrogen) atoms. The molecule has 2 aromatic rings. The maximum atomic E-state index is 12.0. The number of aryl methyl sites for hydroxylation is 1. The van der Waals surface area contributed by atoms with Crippen molar-refractivity contribution in [3.63, 3.8) is 0 Å². The number of rotatable bonds is 3. The largest absolute Gasteiger partial charge is 0.329 e. The lowest BCUT2D eigenvalue weighted by atomic mass is 9.96. The Morgan fingerprint density at radius 1 is 1.29 bits per heavy atom. The molecule has 1 aliphatic rings. The molecule has 2 N–H and O–H groups in total. The minimum atomic E-state index is -0.863. The number of hydrazone groups is 1. The molecule has 3 rings (SSSR count). The summed E-state index contributed by atoms with van der Waals surface area (Å²) in [7, 11) is 0. The van der Waals surface area contributed by atoms with Crippen LogP contribution in [0.15, 0.2) is 22.6 Å². The number of thiophene rings is 2. The summed E-state index contributed by atoms with van der Waals surface area (Å²) >= 11 is 2.85. The monoisotopic (exact) mass is 358 g/mol. The highest BCUT2D eigenvalue weighted by Gasteiger charge is 2.23. The van der Waals surface area contributed by atoms with Gasteiger partial charge in [-0.1, -0.05) is 6.07 Å². The van der Waals surface area contributed by atoms with Gasteiger partial charge in [0.25, 0.3) is 0 Å². The van der Waals surface area contributed by atoms with Crippen molar-refractivity contribution in [3.8, 4) is 6.07 Å². The van der Waals surface area contributed by atoms with Gasteiger partial charge in [0.2, 0.25) is 0 Å². The number of anilines is 1. The highest BCUT2D eigenvalue weighted by molar-refractivity contribution is 7.16. The zero-order valence-electron chi connectivity index (χ0n) is 12.7. The average molecular weight is 358 g/mol. The van der Waals surface area contributed by atoms with Crippen molar-refractivity contribution in [2.45, 2.75) is 25.7 Å². The van der Waals surface area contributed by atoms with Crippen LogP contribution in [0.25, 0.3) is 0 Å². The van der Waals surface area contributed by atoms with Gasteiger partial charge in [-0.15, -0.1) is 22.7 Å². The first-order valence-corrected chi connectivity index (χ1v) is 9.11. The van der Waals surface area contributed by atoms with E-state index in [1.807, 2.05) is 17.5 Å². The Labute approximate surface area is 146 Å². The summed E-state index contributed by atoms with van der Waals surface area (Å²) in [5.41, 5.74) is 3.69. The third-order valence-electron chi connectivity index (χ3n) is 3.62. The van der Waals surface area contributed by atoms with Gasteiger partial charge in [-0.05, 0) is 42.7 Å². The van der Waals surface area contributed by atoms with E-state index in [9.17, 15) is 14.9 Å². The fourth-order valence-corrected chi connectivity index (χ4v) is 4.32.